The summed E-state index contributed by atoms with van der Waals surface area (Å²) in [5.74, 6) is -1.67. The number of unbranched alkanes of at least 4 members (excludes halogenated alkanes) is 1. The lowest BCUT2D eigenvalue weighted by atomic mass is 9.65. The van der Waals surface area contributed by atoms with Gasteiger partial charge in [-0.1, -0.05) is 13.3 Å². The molecular formula is C21H34N6O4. The summed E-state index contributed by atoms with van der Waals surface area (Å²) in [7, 11) is 0. The zero-order chi connectivity index (χ0) is 22.4. The van der Waals surface area contributed by atoms with Gasteiger partial charge in [-0.2, -0.15) is 0 Å². The molecule has 0 aromatic carbocycles. The summed E-state index contributed by atoms with van der Waals surface area (Å²) in [6, 6.07) is -0.792. The lowest BCUT2D eigenvalue weighted by Gasteiger charge is -2.62. The van der Waals surface area contributed by atoms with Gasteiger partial charge in [0.25, 0.3) is 11.8 Å². The van der Waals surface area contributed by atoms with Crippen LogP contribution in [0.15, 0.2) is 11.4 Å². The Morgan fingerprint density at radius 3 is 2.23 bits per heavy atom. The van der Waals surface area contributed by atoms with Crippen LogP contribution in [0.1, 0.15) is 45.4 Å². The third kappa shape index (κ3) is 3.50. The predicted molar refractivity (Wildman–Crippen MR) is 113 cm³/mol. The lowest BCUT2D eigenvalue weighted by Crippen LogP contribution is -2.75. The fourth-order valence-electron chi connectivity index (χ4n) is 5.39. The van der Waals surface area contributed by atoms with Crippen molar-refractivity contribution in [3.05, 3.63) is 11.4 Å². The molecule has 4 rings (SSSR count). The molecule has 1 spiro atoms. The Morgan fingerprint density at radius 1 is 1.10 bits per heavy atom. The molecule has 4 amide bonds. The molecule has 31 heavy (non-hydrogen) atoms. The van der Waals surface area contributed by atoms with Crippen molar-refractivity contribution in [2.75, 3.05) is 39.4 Å². The number of carbonyl (C=O) groups excluding carboxylic acids is 3. The van der Waals surface area contributed by atoms with E-state index in [0.29, 0.717) is 39.0 Å². The number of likely N-dealkylation sites (tertiary alicyclic amines) is 1. The van der Waals surface area contributed by atoms with E-state index in [-0.39, 0.29) is 34.9 Å². The monoisotopic (exact) mass is 434 g/mol. The van der Waals surface area contributed by atoms with Crippen molar-refractivity contribution in [3.63, 3.8) is 0 Å². The number of hydrogen-bond donors (Lipinski definition) is 3. The molecule has 0 aromatic rings. The van der Waals surface area contributed by atoms with Crippen LogP contribution in [0.3, 0.4) is 0 Å². The first-order valence-electron chi connectivity index (χ1n) is 11.2. The average molecular weight is 435 g/mol. The molecule has 1 aliphatic carbocycles. The van der Waals surface area contributed by atoms with Crippen molar-refractivity contribution in [3.8, 4) is 0 Å². The topological polar surface area (TPSA) is 148 Å². The SMILES string of the molecule is CCCCN1C(=O)C(=C(N)N)C(=O)N(C2CCC3(CC2)CN(C2(CN)COC2)C3)C1=O. The average Bonchev–Trinajstić information content (AvgIpc) is 2.67. The molecule has 10 nitrogen and oxygen atoms in total. The van der Waals surface area contributed by atoms with Gasteiger partial charge >= 0.3 is 6.03 Å². The van der Waals surface area contributed by atoms with E-state index in [9.17, 15) is 14.4 Å². The number of hydrogen-bond acceptors (Lipinski definition) is 8. The number of ether oxygens (including phenoxy) is 1. The van der Waals surface area contributed by atoms with Crippen LogP contribution < -0.4 is 17.2 Å². The summed E-state index contributed by atoms with van der Waals surface area (Å²) in [4.78, 5) is 43.6. The number of barbiturate groups is 1. The van der Waals surface area contributed by atoms with Gasteiger partial charge in [0.2, 0.25) is 0 Å². The first kappa shape index (κ1) is 22.0. The maximum Gasteiger partial charge on any atom is 0.334 e. The van der Waals surface area contributed by atoms with E-state index in [2.05, 4.69) is 4.90 Å². The summed E-state index contributed by atoms with van der Waals surface area (Å²) in [6.45, 7) is 6.16. The van der Waals surface area contributed by atoms with Gasteiger partial charge in [0.15, 0.2) is 0 Å². The highest BCUT2D eigenvalue weighted by molar-refractivity contribution is 6.29. The van der Waals surface area contributed by atoms with E-state index in [1.165, 1.54) is 4.90 Å². The Balaban J connectivity index is 1.44. The second kappa shape index (κ2) is 8.07. The van der Waals surface area contributed by atoms with E-state index in [0.717, 1.165) is 37.3 Å². The Kier molecular flexibility index (Phi) is 5.74. The molecule has 4 aliphatic rings. The molecule has 172 valence electrons. The van der Waals surface area contributed by atoms with Crippen molar-refractivity contribution in [2.24, 2.45) is 22.6 Å². The van der Waals surface area contributed by atoms with Crippen molar-refractivity contribution < 1.29 is 19.1 Å². The minimum absolute atomic E-state index is 0.0145. The zero-order valence-corrected chi connectivity index (χ0v) is 18.3. The van der Waals surface area contributed by atoms with Crippen LogP contribution >= 0.6 is 0 Å². The molecule has 4 fully saturated rings. The van der Waals surface area contributed by atoms with Gasteiger partial charge in [0.1, 0.15) is 11.4 Å². The first-order valence-corrected chi connectivity index (χ1v) is 11.2. The standard InChI is InChI=1S/C21H34N6O4/c1-2-3-8-26-17(28)15(16(23)24)18(29)27(19(26)30)14-4-6-20(7-5-14)10-25(11-20)21(9-22)12-31-13-21/h14H,2-13,22-24H2,1H3. The van der Waals surface area contributed by atoms with Gasteiger partial charge in [-0.15, -0.1) is 0 Å². The summed E-state index contributed by atoms with van der Waals surface area (Å²) >= 11 is 0. The number of amides is 4. The van der Waals surface area contributed by atoms with Crippen LogP contribution in [0.4, 0.5) is 4.79 Å². The lowest BCUT2D eigenvalue weighted by molar-refractivity contribution is -0.197. The summed E-state index contributed by atoms with van der Waals surface area (Å²) in [6.07, 6.45) is 4.75. The number of nitrogens with zero attached hydrogens (tertiary/aromatic N) is 3. The van der Waals surface area contributed by atoms with Crippen LogP contribution in [0.25, 0.3) is 0 Å². The fourth-order valence-corrected chi connectivity index (χ4v) is 5.39. The van der Waals surface area contributed by atoms with E-state index in [1.54, 1.807) is 0 Å². The Bertz CT molecular complexity index is 782. The molecule has 10 heteroatoms. The van der Waals surface area contributed by atoms with Gasteiger partial charge in [0.05, 0.1) is 18.8 Å². The maximum atomic E-state index is 13.1. The second-order valence-corrected chi connectivity index (χ2v) is 9.61. The number of imide groups is 2. The highest BCUT2D eigenvalue weighted by Crippen LogP contribution is 2.48. The Labute approximate surface area is 182 Å². The quantitative estimate of drug-likeness (QED) is 0.380. The van der Waals surface area contributed by atoms with Crippen LogP contribution in [0.2, 0.25) is 0 Å². The predicted octanol–water partition coefficient (Wildman–Crippen LogP) is -0.321. The molecule has 3 heterocycles. The number of rotatable bonds is 6. The van der Waals surface area contributed by atoms with Crippen molar-refractivity contribution in [1.29, 1.82) is 0 Å². The second-order valence-electron chi connectivity index (χ2n) is 9.61. The molecule has 1 saturated carbocycles. The molecule has 0 unspecified atom stereocenters. The largest absolute Gasteiger partial charge is 0.385 e. The minimum Gasteiger partial charge on any atom is -0.385 e. The van der Waals surface area contributed by atoms with Gasteiger partial charge in [-0.25, -0.2) is 4.79 Å². The Hall–Kier alpha value is -2.17. The molecule has 0 atom stereocenters. The van der Waals surface area contributed by atoms with Gasteiger partial charge < -0.3 is 21.9 Å². The molecule has 0 aromatic heterocycles. The molecule has 3 saturated heterocycles. The third-order valence-electron chi connectivity index (χ3n) is 7.58. The van der Waals surface area contributed by atoms with Gasteiger partial charge in [-0.05, 0) is 37.5 Å². The third-order valence-corrected chi connectivity index (χ3v) is 7.58. The first-order chi connectivity index (χ1) is 14.8. The molecular weight excluding hydrogens is 400 g/mol. The summed E-state index contributed by atoms with van der Waals surface area (Å²) < 4.78 is 5.40. The smallest absolute Gasteiger partial charge is 0.334 e. The molecule has 0 bridgehead atoms. The highest BCUT2D eigenvalue weighted by atomic mass is 16.5. The summed E-state index contributed by atoms with van der Waals surface area (Å²) in [5.41, 5.74) is 17.2. The van der Waals surface area contributed by atoms with Crippen molar-refractivity contribution >= 4 is 17.8 Å². The minimum atomic E-state index is -0.684. The highest BCUT2D eigenvalue weighted by Gasteiger charge is 2.56. The van der Waals surface area contributed by atoms with E-state index in [1.807, 2.05) is 6.92 Å². The van der Waals surface area contributed by atoms with Crippen LogP contribution in [0, 0.1) is 5.41 Å². The van der Waals surface area contributed by atoms with E-state index < -0.39 is 17.8 Å². The van der Waals surface area contributed by atoms with E-state index in [4.69, 9.17) is 21.9 Å². The normalized spacial score (nSPS) is 26.3. The van der Waals surface area contributed by atoms with Gasteiger partial charge in [0, 0.05) is 32.2 Å². The number of urea groups is 1. The van der Waals surface area contributed by atoms with Crippen molar-refractivity contribution in [1.82, 2.24) is 14.7 Å². The number of carbonyl (C=O) groups is 3. The Morgan fingerprint density at radius 2 is 1.74 bits per heavy atom. The summed E-state index contributed by atoms with van der Waals surface area (Å²) in [5, 5.41) is 0. The molecule has 0 radical (unpaired) electrons. The maximum absolute atomic E-state index is 13.1. The van der Waals surface area contributed by atoms with Crippen LogP contribution in [0.5, 0.6) is 0 Å². The van der Waals surface area contributed by atoms with Gasteiger partial charge in [-0.3, -0.25) is 24.3 Å². The fraction of sp³-hybridized carbons (Fsp3) is 0.762. The van der Waals surface area contributed by atoms with Crippen molar-refractivity contribution in [2.45, 2.75) is 57.0 Å². The number of nitrogens with two attached hydrogens (primary N) is 3. The zero-order valence-electron chi connectivity index (χ0n) is 18.3. The van der Waals surface area contributed by atoms with E-state index >= 15 is 0 Å². The van der Waals surface area contributed by atoms with Crippen LogP contribution in [-0.2, 0) is 14.3 Å². The molecule has 6 N–H and O–H groups in total. The van der Waals surface area contributed by atoms with Crippen LogP contribution in [-0.4, -0.2) is 83.5 Å². The molecule has 3 aliphatic heterocycles.